The minimum atomic E-state index is -0.410. The van der Waals surface area contributed by atoms with Gasteiger partial charge < -0.3 is 15.3 Å². The summed E-state index contributed by atoms with van der Waals surface area (Å²) in [7, 11) is 0. The van der Waals surface area contributed by atoms with Crippen LogP contribution in [0, 0.1) is 4.77 Å². The van der Waals surface area contributed by atoms with E-state index in [1.165, 1.54) is 6.07 Å². The summed E-state index contributed by atoms with van der Waals surface area (Å²) in [5.41, 5.74) is 1.04. The van der Waals surface area contributed by atoms with E-state index in [2.05, 4.69) is 10.2 Å². The maximum atomic E-state index is 10.2. The van der Waals surface area contributed by atoms with E-state index in [0.29, 0.717) is 10.6 Å². The molecule has 0 spiro atoms. The molecule has 4 aromatic rings. The lowest BCUT2D eigenvalue weighted by atomic mass is 10.1. The highest BCUT2D eigenvalue weighted by Gasteiger charge is 2.18. The number of benzene rings is 3. The summed E-state index contributed by atoms with van der Waals surface area (Å²) in [5.74, 6) is -0.654. The van der Waals surface area contributed by atoms with Crippen molar-refractivity contribution >= 4 is 23.0 Å². The van der Waals surface area contributed by atoms with E-state index in [-0.39, 0.29) is 17.1 Å². The van der Waals surface area contributed by atoms with Crippen LogP contribution in [0.25, 0.3) is 27.8 Å². The lowest BCUT2D eigenvalue weighted by Gasteiger charge is -2.12. The van der Waals surface area contributed by atoms with Gasteiger partial charge in [0.2, 0.25) is 0 Å². The van der Waals surface area contributed by atoms with Crippen molar-refractivity contribution < 1.29 is 15.3 Å². The molecule has 0 saturated heterocycles. The van der Waals surface area contributed by atoms with Crippen LogP contribution in [0.15, 0.2) is 54.6 Å². The number of nitrogens with zero attached hydrogens (tertiary/aromatic N) is 2. The number of hydrogen-bond donors (Lipinski definition) is 4. The van der Waals surface area contributed by atoms with E-state index in [1.54, 1.807) is 4.57 Å². The van der Waals surface area contributed by atoms with E-state index in [1.807, 2.05) is 42.5 Å². The maximum Gasteiger partial charge on any atom is 0.200 e. The lowest BCUT2D eigenvalue weighted by Crippen LogP contribution is -1.99. The molecule has 1 aromatic heterocycles. The Kier molecular flexibility index (Phi) is 3.43. The third-order valence-corrected chi connectivity index (χ3v) is 4.29. The first kappa shape index (κ1) is 15.2. The second-order valence-electron chi connectivity index (χ2n) is 5.54. The summed E-state index contributed by atoms with van der Waals surface area (Å²) in [5, 5.41) is 38.4. The molecule has 6 nitrogen and oxygen atoms in total. The van der Waals surface area contributed by atoms with Gasteiger partial charge >= 0.3 is 0 Å². The molecular formula is C18H13N3O3S. The Bertz CT molecular complexity index is 1160. The topological polar surface area (TPSA) is 94.3 Å². The largest absolute Gasteiger partial charge is 0.507 e. The van der Waals surface area contributed by atoms with E-state index in [9.17, 15) is 15.3 Å². The van der Waals surface area contributed by atoms with Crippen molar-refractivity contribution in [2.75, 3.05) is 0 Å². The lowest BCUT2D eigenvalue weighted by molar-refractivity contribution is 0.397. The van der Waals surface area contributed by atoms with Gasteiger partial charge in [-0.15, -0.1) is 0 Å². The fourth-order valence-electron chi connectivity index (χ4n) is 2.85. The Morgan fingerprint density at radius 3 is 2.44 bits per heavy atom. The fraction of sp³-hybridized carbons (Fsp3) is 0. The van der Waals surface area contributed by atoms with Crippen LogP contribution in [-0.4, -0.2) is 30.1 Å². The standard InChI is InChI=1S/C18H13N3O3S/c22-14-9-16(24)15(23)8-12(14)17-19-20-18(25)21(17)13-7-3-5-10-4-1-2-6-11(10)13/h1-9,22-24H,(H,20,25). The van der Waals surface area contributed by atoms with Gasteiger partial charge in [0.1, 0.15) is 5.75 Å². The highest BCUT2D eigenvalue weighted by atomic mass is 32.1. The molecule has 4 N–H and O–H groups in total. The SMILES string of the molecule is Oc1cc(O)c(-c2n[nH]c(=S)n2-c2cccc3ccccc23)cc1O. The van der Waals surface area contributed by atoms with Crippen LogP contribution in [0.4, 0.5) is 0 Å². The van der Waals surface area contributed by atoms with Crippen LogP contribution in [0.5, 0.6) is 17.2 Å². The maximum absolute atomic E-state index is 10.2. The molecule has 4 rings (SSSR count). The van der Waals surface area contributed by atoms with Gasteiger partial charge in [0.05, 0.1) is 11.3 Å². The number of phenolic OH excluding ortho intramolecular Hbond substituents is 3. The second-order valence-corrected chi connectivity index (χ2v) is 5.93. The van der Waals surface area contributed by atoms with E-state index in [0.717, 1.165) is 22.5 Å². The summed E-state index contributed by atoms with van der Waals surface area (Å²) >= 11 is 5.37. The number of aromatic hydroxyl groups is 3. The molecule has 0 aliphatic carbocycles. The third kappa shape index (κ3) is 2.41. The van der Waals surface area contributed by atoms with Gasteiger partial charge in [0.25, 0.3) is 0 Å². The van der Waals surface area contributed by atoms with Crippen molar-refractivity contribution in [2.24, 2.45) is 0 Å². The summed E-state index contributed by atoms with van der Waals surface area (Å²) in [6.07, 6.45) is 0. The molecule has 0 fully saturated rings. The molecule has 0 bridgehead atoms. The predicted octanol–water partition coefficient (Wildman–Crippen LogP) is 3.87. The highest BCUT2D eigenvalue weighted by Crippen LogP contribution is 2.38. The average Bonchev–Trinajstić information content (AvgIpc) is 2.99. The number of rotatable bonds is 2. The van der Waals surface area contributed by atoms with Gasteiger partial charge in [-0.25, -0.2) is 0 Å². The molecule has 0 radical (unpaired) electrons. The Labute approximate surface area is 147 Å². The molecule has 0 atom stereocenters. The molecule has 1 heterocycles. The Morgan fingerprint density at radius 1 is 0.880 bits per heavy atom. The summed E-state index contributed by atoms with van der Waals surface area (Å²) in [6.45, 7) is 0. The van der Waals surface area contributed by atoms with Crippen molar-refractivity contribution in [1.82, 2.24) is 14.8 Å². The van der Waals surface area contributed by atoms with Crippen LogP contribution >= 0.6 is 12.2 Å². The Morgan fingerprint density at radius 2 is 1.60 bits per heavy atom. The van der Waals surface area contributed by atoms with Crippen molar-refractivity contribution in [3.63, 3.8) is 0 Å². The van der Waals surface area contributed by atoms with Gasteiger partial charge in [0, 0.05) is 11.5 Å². The zero-order valence-corrected chi connectivity index (χ0v) is 13.7. The molecule has 0 aliphatic rings. The molecule has 3 aromatic carbocycles. The van der Waals surface area contributed by atoms with Crippen LogP contribution < -0.4 is 0 Å². The Balaban J connectivity index is 2.04. The number of nitrogens with one attached hydrogen (secondary N) is 1. The molecule has 0 unspecified atom stereocenters. The molecule has 0 aliphatic heterocycles. The van der Waals surface area contributed by atoms with Gasteiger partial charge in [-0.05, 0) is 29.7 Å². The molecule has 7 heteroatoms. The van der Waals surface area contributed by atoms with E-state index < -0.39 is 5.75 Å². The zero-order chi connectivity index (χ0) is 17.6. The third-order valence-electron chi connectivity index (χ3n) is 4.01. The second kappa shape index (κ2) is 5.64. The quantitative estimate of drug-likeness (QED) is 0.250. The van der Waals surface area contributed by atoms with Crippen LogP contribution in [0.2, 0.25) is 0 Å². The smallest absolute Gasteiger partial charge is 0.200 e. The highest BCUT2D eigenvalue weighted by molar-refractivity contribution is 7.71. The molecule has 124 valence electrons. The fourth-order valence-corrected chi connectivity index (χ4v) is 3.08. The zero-order valence-electron chi connectivity index (χ0n) is 12.8. The number of aromatic amines is 1. The minimum Gasteiger partial charge on any atom is -0.507 e. The number of hydrogen-bond acceptors (Lipinski definition) is 5. The van der Waals surface area contributed by atoms with Gasteiger partial charge in [0.15, 0.2) is 22.1 Å². The van der Waals surface area contributed by atoms with Crippen LogP contribution in [0.1, 0.15) is 0 Å². The van der Waals surface area contributed by atoms with Crippen molar-refractivity contribution in [1.29, 1.82) is 0 Å². The number of phenols is 3. The normalized spacial score (nSPS) is 11.0. The molecule has 0 amide bonds. The minimum absolute atomic E-state index is 0.217. The first-order chi connectivity index (χ1) is 12.1. The summed E-state index contributed by atoms with van der Waals surface area (Å²) < 4.78 is 2.03. The van der Waals surface area contributed by atoms with Crippen molar-refractivity contribution in [3.05, 3.63) is 59.4 Å². The van der Waals surface area contributed by atoms with E-state index >= 15 is 0 Å². The van der Waals surface area contributed by atoms with E-state index in [4.69, 9.17) is 12.2 Å². The van der Waals surface area contributed by atoms with Crippen LogP contribution in [0.3, 0.4) is 0 Å². The van der Waals surface area contributed by atoms with Gasteiger partial charge in [-0.3, -0.25) is 9.67 Å². The predicted molar refractivity (Wildman–Crippen MR) is 96.7 cm³/mol. The first-order valence-corrected chi connectivity index (χ1v) is 7.88. The van der Waals surface area contributed by atoms with Crippen LogP contribution in [-0.2, 0) is 0 Å². The number of aromatic nitrogens is 3. The number of H-pyrrole nitrogens is 1. The summed E-state index contributed by atoms with van der Waals surface area (Å²) in [6, 6.07) is 16.0. The molecule has 25 heavy (non-hydrogen) atoms. The monoisotopic (exact) mass is 351 g/mol. The van der Waals surface area contributed by atoms with Crippen molar-refractivity contribution in [2.45, 2.75) is 0 Å². The van der Waals surface area contributed by atoms with Crippen molar-refractivity contribution in [3.8, 4) is 34.3 Å². The first-order valence-electron chi connectivity index (χ1n) is 7.47. The molecule has 0 saturated carbocycles. The van der Waals surface area contributed by atoms with Gasteiger partial charge in [-0.1, -0.05) is 36.4 Å². The molecular weight excluding hydrogens is 338 g/mol. The summed E-state index contributed by atoms with van der Waals surface area (Å²) in [4.78, 5) is 0. The Hall–Kier alpha value is -3.32. The average molecular weight is 351 g/mol. The number of fused-ring (bicyclic) bond motifs is 1. The van der Waals surface area contributed by atoms with Gasteiger partial charge in [-0.2, -0.15) is 5.10 Å².